The number of nitrogens with zero attached hydrogens (tertiary/aromatic N) is 2. The zero-order chi connectivity index (χ0) is 16.5. The van der Waals surface area contributed by atoms with Gasteiger partial charge in [-0.3, -0.25) is 0 Å². The summed E-state index contributed by atoms with van der Waals surface area (Å²) >= 11 is 5.89. The lowest BCUT2D eigenvalue weighted by Crippen LogP contribution is -2.24. The van der Waals surface area contributed by atoms with Crippen molar-refractivity contribution in [2.75, 3.05) is 0 Å². The minimum absolute atomic E-state index is 0.0516. The summed E-state index contributed by atoms with van der Waals surface area (Å²) in [7, 11) is -3.96. The lowest BCUT2D eigenvalue weighted by Gasteiger charge is -2.09. The molecule has 0 radical (unpaired) electrons. The average molecular weight is 346 g/mol. The molecule has 1 heterocycles. The maximum absolute atomic E-state index is 12.2. The first-order chi connectivity index (χ1) is 10.2. The number of aromatic carboxylic acids is 1. The number of aryl methyl sites for hydroxylation is 1. The molecule has 0 amide bonds. The van der Waals surface area contributed by atoms with Gasteiger partial charge in [-0.15, -0.1) is 0 Å². The molecule has 1 aromatic heterocycles. The van der Waals surface area contributed by atoms with Crippen molar-refractivity contribution in [2.45, 2.75) is 25.3 Å². The molecule has 0 aliphatic rings. The maximum atomic E-state index is 12.2. The predicted octanol–water partition coefficient (Wildman–Crippen LogP) is 1.52. The van der Waals surface area contributed by atoms with E-state index >= 15 is 0 Å². The summed E-state index contributed by atoms with van der Waals surface area (Å²) in [4.78, 5) is 14.7. The van der Waals surface area contributed by atoms with Crippen LogP contribution in [-0.4, -0.2) is 29.6 Å². The molecule has 2 rings (SSSR count). The molecule has 0 aliphatic heterocycles. The highest BCUT2D eigenvalue weighted by atomic mass is 35.5. The summed E-state index contributed by atoms with van der Waals surface area (Å²) in [5.41, 5.74) is 0.116. The zero-order valence-electron chi connectivity index (χ0n) is 11.6. The standard InChI is InChI=1S/C12H12ClN3O5S/c1-6-9(12(17)18)3-8(4-10(6)13)22(19,20)14-5-11-15-7(2)21-16-11/h3-4,14H,5H2,1-2H3,(H,17,18). The average Bonchev–Trinajstić information content (AvgIpc) is 2.85. The molecule has 10 heteroatoms. The molecule has 0 saturated carbocycles. The van der Waals surface area contributed by atoms with Crippen LogP contribution in [0.4, 0.5) is 0 Å². The van der Waals surface area contributed by atoms with Crippen LogP contribution in [0, 0.1) is 13.8 Å². The number of halogens is 1. The van der Waals surface area contributed by atoms with Crippen molar-refractivity contribution in [3.05, 3.63) is 40.0 Å². The van der Waals surface area contributed by atoms with Crippen LogP contribution in [0.2, 0.25) is 5.02 Å². The van der Waals surface area contributed by atoms with E-state index in [9.17, 15) is 13.2 Å². The molecule has 0 aliphatic carbocycles. The van der Waals surface area contributed by atoms with Crippen LogP contribution in [0.5, 0.6) is 0 Å². The van der Waals surface area contributed by atoms with E-state index < -0.39 is 16.0 Å². The first-order valence-corrected chi connectivity index (χ1v) is 7.89. The van der Waals surface area contributed by atoms with Gasteiger partial charge in [-0.05, 0) is 24.6 Å². The van der Waals surface area contributed by atoms with Gasteiger partial charge < -0.3 is 9.63 Å². The van der Waals surface area contributed by atoms with Crippen molar-refractivity contribution in [1.29, 1.82) is 0 Å². The number of aromatic nitrogens is 2. The van der Waals surface area contributed by atoms with Gasteiger partial charge >= 0.3 is 5.97 Å². The van der Waals surface area contributed by atoms with Crippen LogP contribution < -0.4 is 4.72 Å². The minimum atomic E-state index is -3.96. The van der Waals surface area contributed by atoms with E-state index in [1.165, 1.54) is 13.0 Å². The first kappa shape index (κ1) is 16.4. The second kappa shape index (κ2) is 6.03. The number of carboxylic acid groups (broad SMARTS) is 1. The monoisotopic (exact) mass is 345 g/mol. The number of benzene rings is 1. The molecular formula is C12H12ClN3O5S. The Morgan fingerprint density at radius 3 is 2.64 bits per heavy atom. The second-order valence-corrected chi connectivity index (χ2v) is 6.61. The van der Waals surface area contributed by atoms with Crippen LogP contribution in [0.15, 0.2) is 21.6 Å². The van der Waals surface area contributed by atoms with Gasteiger partial charge in [0.05, 0.1) is 17.0 Å². The van der Waals surface area contributed by atoms with Gasteiger partial charge in [0.2, 0.25) is 15.9 Å². The Bertz CT molecular complexity index is 831. The van der Waals surface area contributed by atoms with Crippen LogP contribution in [0.1, 0.15) is 27.6 Å². The summed E-state index contributed by atoms with van der Waals surface area (Å²) in [6.45, 7) is 2.88. The van der Waals surface area contributed by atoms with Crippen molar-refractivity contribution < 1.29 is 22.8 Å². The highest BCUT2D eigenvalue weighted by molar-refractivity contribution is 7.89. The molecule has 0 unspecified atom stereocenters. The third-order valence-corrected chi connectivity index (χ3v) is 4.62. The molecule has 2 aromatic rings. The van der Waals surface area contributed by atoms with Crippen molar-refractivity contribution >= 4 is 27.6 Å². The Kier molecular flexibility index (Phi) is 4.50. The minimum Gasteiger partial charge on any atom is -0.478 e. The molecule has 22 heavy (non-hydrogen) atoms. The molecule has 0 bridgehead atoms. The third kappa shape index (κ3) is 3.43. The Morgan fingerprint density at radius 1 is 1.41 bits per heavy atom. The van der Waals surface area contributed by atoms with Gasteiger partial charge in [-0.1, -0.05) is 16.8 Å². The number of carboxylic acids is 1. The Morgan fingerprint density at radius 2 is 2.09 bits per heavy atom. The lowest BCUT2D eigenvalue weighted by molar-refractivity contribution is 0.0696. The summed E-state index contributed by atoms with van der Waals surface area (Å²) in [6.07, 6.45) is 0. The van der Waals surface area contributed by atoms with Crippen LogP contribution in [0.3, 0.4) is 0 Å². The van der Waals surface area contributed by atoms with Gasteiger partial charge in [-0.25, -0.2) is 17.9 Å². The van der Waals surface area contributed by atoms with E-state index in [2.05, 4.69) is 14.9 Å². The normalized spacial score (nSPS) is 11.6. The predicted molar refractivity (Wildman–Crippen MR) is 76.2 cm³/mol. The summed E-state index contributed by atoms with van der Waals surface area (Å²) in [6, 6.07) is 2.24. The van der Waals surface area contributed by atoms with Crippen molar-refractivity contribution in [1.82, 2.24) is 14.9 Å². The molecule has 0 fully saturated rings. The number of nitrogens with one attached hydrogen (secondary N) is 1. The number of hydrogen-bond acceptors (Lipinski definition) is 6. The zero-order valence-corrected chi connectivity index (χ0v) is 13.2. The van der Waals surface area contributed by atoms with Crippen molar-refractivity contribution in [3.63, 3.8) is 0 Å². The Hall–Kier alpha value is -1.97. The second-order valence-electron chi connectivity index (χ2n) is 4.44. The van der Waals surface area contributed by atoms with Crippen LogP contribution in [-0.2, 0) is 16.6 Å². The number of rotatable bonds is 5. The van der Waals surface area contributed by atoms with E-state index in [1.54, 1.807) is 6.92 Å². The van der Waals surface area contributed by atoms with E-state index in [4.69, 9.17) is 21.2 Å². The van der Waals surface area contributed by atoms with E-state index in [0.29, 0.717) is 11.5 Å². The lowest BCUT2D eigenvalue weighted by atomic mass is 10.1. The molecule has 0 spiro atoms. The molecule has 8 nitrogen and oxygen atoms in total. The fourth-order valence-corrected chi connectivity index (χ4v) is 3.00. The summed E-state index contributed by atoms with van der Waals surface area (Å²) in [5.74, 6) is -0.788. The number of sulfonamides is 1. The highest BCUT2D eigenvalue weighted by Crippen LogP contribution is 2.24. The fraction of sp³-hybridized carbons (Fsp3) is 0.250. The molecule has 2 N–H and O–H groups in total. The largest absolute Gasteiger partial charge is 0.478 e. The smallest absolute Gasteiger partial charge is 0.336 e. The number of carbonyl (C=O) groups is 1. The van der Waals surface area contributed by atoms with Gasteiger partial charge in [-0.2, -0.15) is 4.98 Å². The molecule has 0 saturated heterocycles. The first-order valence-electron chi connectivity index (χ1n) is 6.03. The van der Waals surface area contributed by atoms with Crippen molar-refractivity contribution in [2.24, 2.45) is 0 Å². The Balaban J connectivity index is 2.31. The fourth-order valence-electron chi connectivity index (χ4n) is 1.69. The van der Waals surface area contributed by atoms with Gasteiger partial charge in [0.15, 0.2) is 5.82 Å². The van der Waals surface area contributed by atoms with E-state index in [0.717, 1.165) is 6.07 Å². The molecule has 0 atom stereocenters. The molecular weight excluding hydrogens is 334 g/mol. The molecule has 118 valence electrons. The van der Waals surface area contributed by atoms with Crippen molar-refractivity contribution in [3.8, 4) is 0 Å². The van der Waals surface area contributed by atoms with Crippen LogP contribution >= 0.6 is 11.6 Å². The van der Waals surface area contributed by atoms with E-state index in [1.807, 2.05) is 0 Å². The van der Waals surface area contributed by atoms with Gasteiger partial charge in [0.25, 0.3) is 0 Å². The van der Waals surface area contributed by atoms with Crippen LogP contribution in [0.25, 0.3) is 0 Å². The maximum Gasteiger partial charge on any atom is 0.336 e. The highest BCUT2D eigenvalue weighted by Gasteiger charge is 2.20. The molecule has 1 aromatic carbocycles. The third-order valence-electron chi connectivity index (χ3n) is 2.85. The quantitative estimate of drug-likeness (QED) is 0.842. The summed E-state index contributed by atoms with van der Waals surface area (Å²) in [5, 5.41) is 12.7. The van der Waals surface area contributed by atoms with Gasteiger partial charge in [0.1, 0.15) is 0 Å². The Labute approximate surface area is 131 Å². The van der Waals surface area contributed by atoms with E-state index in [-0.39, 0.29) is 27.9 Å². The topological polar surface area (TPSA) is 122 Å². The summed E-state index contributed by atoms with van der Waals surface area (Å²) < 4.78 is 31.4. The SMILES string of the molecule is Cc1nc(CNS(=O)(=O)c2cc(Cl)c(C)c(C(=O)O)c2)no1. The van der Waals surface area contributed by atoms with Gasteiger partial charge in [0, 0.05) is 11.9 Å². The number of hydrogen-bond donors (Lipinski definition) is 2.